The fraction of sp³-hybridized carbons (Fsp3) is 0.600. The zero-order valence-electron chi connectivity index (χ0n) is 9.52. The molecule has 0 atom stereocenters. The monoisotopic (exact) mass is 200 g/mol. The molecule has 0 aromatic carbocycles. The molecule has 0 N–H and O–H groups in total. The molecule has 0 unspecified atom stereocenters. The van der Waals surface area contributed by atoms with Crippen molar-refractivity contribution in [1.82, 2.24) is 0 Å². The average Bonchev–Trinajstić information content (AvgIpc) is 2.32. The number of rotatable bonds is 0. The fourth-order valence-electron chi connectivity index (χ4n) is 2.11. The molecule has 80 valence electrons. The molecule has 0 aromatic rings. The van der Waals surface area contributed by atoms with Gasteiger partial charge in [-0.25, -0.2) is 0 Å². The summed E-state index contributed by atoms with van der Waals surface area (Å²) < 4.78 is 0. The van der Waals surface area contributed by atoms with Gasteiger partial charge in [-0.15, -0.1) is 12.8 Å². The van der Waals surface area contributed by atoms with Gasteiger partial charge in [-0.1, -0.05) is 43.9 Å². The van der Waals surface area contributed by atoms with Crippen LogP contribution in [0.1, 0.15) is 57.8 Å². The summed E-state index contributed by atoms with van der Waals surface area (Å²) in [4.78, 5) is 0. The molecular formula is C15H20. The predicted octanol–water partition coefficient (Wildman–Crippen LogP) is 4.07. The minimum Gasteiger partial charge on any atom is -0.115 e. The molecular weight excluding hydrogens is 180 g/mol. The first-order chi connectivity index (χ1) is 7.38. The third kappa shape index (κ3) is 4.26. The molecule has 15 heavy (non-hydrogen) atoms. The highest BCUT2D eigenvalue weighted by atomic mass is 14.1. The van der Waals surface area contributed by atoms with Crippen LogP contribution in [0.15, 0.2) is 11.1 Å². The Kier molecular flexibility index (Phi) is 5.72. The fourth-order valence-corrected chi connectivity index (χ4v) is 2.11. The van der Waals surface area contributed by atoms with Crippen LogP contribution in [0.5, 0.6) is 0 Å². The Morgan fingerprint density at radius 1 is 0.600 bits per heavy atom. The van der Waals surface area contributed by atoms with E-state index in [1.165, 1.54) is 44.9 Å². The van der Waals surface area contributed by atoms with E-state index in [1.807, 2.05) is 0 Å². The topological polar surface area (TPSA) is 0 Å². The second-order valence-electron chi connectivity index (χ2n) is 4.22. The van der Waals surface area contributed by atoms with Crippen molar-refractivity contribution in [2.24, 2.45) is 0 Å². The smallest absolute Gasteiger partial charge is 0.0133 e. The Morgan fingerprint density at radius 3 is 1.27 bits per heavy atom. The Labute approximate surface area is 94.2 Å². The van der Waals surface area contributed by atoms with Gasteiger partial charge in [-0.3, -0.25) is 0 Å². The summed E-state index contributed by atoms with van der Waals surface area (Å²) in [6.07, 6.45) is 22.1. The van der Waals surface area contributed by atoms with Gasteiger partial charge in [0.25, 0.3) is 0 Å². The van der Waals surface area contributed by atoms with Gasteiger partial charge in [0.1, 0.15) is 0 Å². The third-order valence-corrected chi connectivity index (χ3v) is 3.07. The molecule has 0 saturated carbocycles. The van der Waals surface area contributed by atoms with Gasteiger partial charge in [0, 0.05) is 11.1 Å². The van der Waals surface area contributed by atoms with Crippen molar-refractivity contribution in [2.75, 3.05) is 0 Å². The van der Waals surface area contributed by atoms with Crippen LogP contribution >= 0.6 is 0 Å². The van der Waals surface area contributed by atoms with E-state index in [4.69, 9.17) is 12.8 Å². The molecule has 1 rings (SSSR count). The molecule has 0 heterocycles. The molecule has 0 fully saturated rings. The number of hydrogen-bond acceptors (Lipinski definition) is 0. The highest BCUT2D eigenvalue weighted by Gasteiger charge is 2.04. The van der Waals surface area contributed by atoms with Crippen LogP contribution in [0.3, 0.4) is 0 Å². The first-order valence-corrected chi connectivity index (χ1v) is 6.03. The molecule has 0 aromatic heterocycles. The van der Waals surface area contributed by atoms with Crippen molar-refractivity contribution in [2.45, 2.75) is 57.8 Å². The number of hydrogen-bond donors (Lipinski definition) is 0. The second-order valence-corrected chi connectivity index (χ2v) is 4.22. The van der Waals surface area contributed by atoms with Crippen LogP contribution < -0.4 is 0 Å². The van der Waals surface area contributed by atoms with Crippen molar-refractivity contribution in [3.05, 3.63) is 11.1 Å². The zero-order valence-corrected chi connectivity index (χ0v) is 9.52. The quantitative estimate of drug-likeness (QED) is 0.517. The van der Waals surface area contributed by atoms with E-state index in [0.29, 0.717) is 0 Å². The van der Waals surface area contributed by atoms with Crippen molar-refractivity contribution in [1.29, 1.82) is 0 Å². The van der Waals surface area contributed by atoms with Gasteiger partial charge in [0.05, 0.1) is 0 Å². The molecule has 0 amide bonds. The number of terminal acetylenes is 2. The maximum absolute atomic E-state index is 5.52. The molecule has 0 saturated heterocycles. The highest BCUT2D eigenvalue weighted by molar-refractivity contribution is 5.40. The molecule has 0 nitrogen and oxygen atoms in total. The van der Waals surface area contributed by atoms with Crippen LogP contribution in [0.4, 0.5) is 0 Å². The van der Waals surface area contributed by atoms with Crippen LogP contribution in [0.25, 0.3) is 0 Å². The maximum atomic E-state index is 5.52. The second kappa shape index (κ2) is 7.19. The molecule has 0 spiro atoms. The molecule has 1 aliphatic rings. The molecule has 0 aliphatic heterocycles. The van der Waals surface area contributed by atoms with Crippen molar-refractivity contribution < 1.29 is 0 Å². The van der Waals surface area contributed by atoms with Gasteiger partial charge < -0.3 is 0 Å². The summed E-state index contributed by atoms with van der Waals surface area (Å²) in [6.45, 7) is 0. The van der Waals surface area contributed by atoms with Gasteiger partial charge >= 0.3 is 0 Å². The molecule has 1 aliphatic carbocycles. The minimum absolute atomic E-state index is 1.01. The minimum atomic E-state index is 1.01. The maximum Gasteiger partial charge on any atom is 0.0133 e. The first kappa shape index (κ1) is 11.9. The summed E-state index contributed by atoms with van der Waals surface area (Å²) in [5.41, 5.74) is 2.17. The summed E-state index contributed by atoms with van der Waals surface area (Å²) in [6, 6.07) is 0. The zero-order chi connectivity index (χ0) is 10.9. The van der Waals surface area contributed by atoms with Crippen LogP contribution in [-0.2, 0) is 0 Å². The Morgan fingerprint density at radius 2 is 0.933 bits per heavy atom. The van der Waals surface area contributed by atoms with Crippen LogP contribution in [-0.4, -0.2) is 0 Å². The third-order valence-electron chi connectivity index (χ3n) is 3.07. The first-order valence-electron chi connectivity index (χ1n) is 6.03. The van der Waals surface area contributed by atoms with Gasteiger partial charge in [-0.2, -0.15) is 0 Å². The van der Waals surface area contributed by atoms with Gasteiger partial charge in [-0.05, 0) is 25.7 Å². The summed E-state index contributed by atoms with van der Waals surface area (Å²) in [7, 11) is 0. The van der Waals surface area contributed by atoms with Gasteiger partial charge in [0.15, 0.2) is 0 Å². The summed E-state index contributed by atoms with van der Waals surface area (Å²) in [5, 5.41) is 0. The van der Waals surface area contributed by atoms with E-state index in [1.54, 1.807) is 0 Å². The van der Waals surface area contributed by atoms with E-state index in [0.717, 1.165) is 24.0 Å². The standard InChI is InChI=1S/C15H20/c1-3-14-12-10-8-6-5-7-9-11-13-15(14)4-2/h1-2H,5-13H2/b15-14-. The van der Waals surface area contributed by atoms with Crippen LogP contribution in [0, 0.1) is 24.7 Å². The van der Waals surface area contributed by atoms with Crippen molar-refractivity contribution >= 4 is 0 Å². The van der Waals surface area contributed by atoms with Gasteiger partial charge in [0.2, 0.25) is 0 Å². The largest absolute Gasteiger partial charge is 0.115 e. The van der Waals surface area contributed by atoms with E-state index in [-0.39, 0.29) is 0 Å². The van der Waals surface area contributed by atoms with E-state index < -0.39 is 0 Å². The molecule has 0 heteroatoms. The normalized spacial score (nSPS) is 24.7. The lowest BCUT2D eigenvalue weighted by Crippen LogP contribution is -1.89. The molecule has 0 bridgehead atoms. The van der Waals surface area contributed by atoms with E-state index >= 15 is 0 Å². The molecule has 0 radical (unpaired) electrons. The lowest BCUT2D eigenvalue weighted by molar-refractivity contribution is 0.587. The van der Waals surface area contributed by atoms with Crippen molar-refractivity contribution in [3.8, 4) is 24.7 Å². The van der Waals surface area contributed by atoms with Crippen molar-refractivity contribution in [3.63, 3.8) is 0 Å². The number of allylic oxidation sites excluding steroid dienone is 2. The Bertz CT molecular complexity index is 263. The predicted molar refractivity (Wildman–Crippen MR) is 66.2 cm³/mol. The Hall–Kier alpha value is -1.14. The highest BCUT2D eigenvalue weighted by Crippen LogP contribution is 2.20. The SMILES string of the molecule is C#C/C1=C(\C#C)CCCCCCCCC1. The Balaban J connectivity index is 2.67. The lowest BCUT2D eigenvalue weighted by Gasteiger charge is -2.04. The average molecular weight is 200 g/mol. The van der Waals surface area contributed by atoms with E-state index in [9.17, 15) is 0 Å². The lowest BCUT2D eigenvalue weighted by atomic mass is 9.99. The summed E-state index contributed by atoms with van der Waals surface area (Å²) in [5.74, 6) is 5.56. The summed E-state index contributed by atoms with van der Waals surface area (Å²) >= 11 is 0. The van der Waals surface area contributed by atoms with E-state index in [2.05, 4.69) is 11.8 Å². The van der Waals surface area contributed by atoms with Crippen LogP contribution in [0.2, 0.25) is 0 Å².